The molecule has 0 heterocycles. The van der Waals surface area contributed by atoms with Gasteiger partial charge in [-0.2, -0.15) is 0 Å². The van der Waals surface area contributed by atoms with E-state index in [0.717, 1.165) is 5.56 Å². The average molecular weight is 293 g/mol. The molecule has 3 nitrogen and oxygen atoms in total. The van der Waals surface area contributed by atoms with Gasteiger partial charge in [-0.1, -0.05) is 29.8 Å². The van der Waals surface area contributed by atoms with Crippen LogP contribution in [0.25, 0.3) is 0 Å². The molecular weight excluding hydrogens is 279 g/mol. The van der Waals surface area contributed by atoms with Gasteiger partial charge < -0.3 is 11.1 Å². The molecule has 1 atom stereocenters. The average Bonchev–Trinajstić information content (AvgIpc) is 2.39. The molecule has 0 spiro atoms. The number of nitrogens with one attached hydrogen (secondary N) is 1. The van der Waals surface area contributed by atoms with Crippen molar-refractivity contribution in [3.8, 4) is 0 Å². The van der Waals surface area contributed by atoms with Crippen LogP contribution >= 0.6 is 11.6 Å². The van der Waals surface area contributed by atoms with Gasteiger partial charge >= 0.3 is 0 Å². The number of hydrogen-bond donors (Lipinski definition) is 2. The maximum absolute atomic E-state index is 13.6. The van der Waals surface area contributed by atoms with E-state index in [2.05, 4.69) is 5.32 Å². The highest BCUT2D eigenvalue weighted by Crippen LogP contribution is 2.21. The highest BCUT2D eigenvalue weighted by atomic mass is 35.5. The summed E-state index contributed by atoms with van der Waals surface area (Å²) >= 11 is 5.86. The predicted molar refractivity (Wildman–Crippen MR) is 78.1 cm³/mol. The van der Waals surface area contributed by atoms with Crippen LogP contribution in [0.15, 0.2) is 42.5 Å². The van der Waals surface area contributed by atoms with E-state index in [-0.39, 0.29) is 16.6 Å². The Kier molecular flexibility index (Phi) is 4.25. The van der Waals surface area contributed by atoms with Gasteiger partial charge in [-0.15, -0.1) is 0 Å². The molecule has 0 aliphatic carbocycles. The van der Waals surface area contributed by atoms with Crippen molar-refractivity contribution >= 4 is 23.2 Å². The van der Waals surface area contributed by atoms with E-state index in [0.29, 0.717) is 5.69 Å². The van der Waals surface area contributed by atoms with E-state index in [9.17, 15) is 9.18 Å². The van der Waals surface area contributed by atoms with Crippen molar-refractivity contribution in [2.24, 2.45) is 0 Å². The summed E-state index contributed by atoms with van der Waals surface area (Å²) in [7, 11) is 0. The third-order valence-corrected chi connectivity index (χ3v) is 3.29. The van der Waals surface area contributed by atoms with Crippen LogP contribution in [0.5, 0.6) is 0 Å². The van der Waals surface area contributed by atoms with Gasteiger partial charge in [0.25, 0.3) is 5.91 Å². The fourth-order valence-corrected chi connectivity index (χ4v) is 2.10. The zero-order valence-electron chi connectivity index (χ0n) is 10.9. The first-order chi connectivity index (χ1) is 9.49. The van der Waals surface area contributed by atoms with Crippen molar-refractivity contribution in [1.82, 2.24) is 5.32 Å². The molecule has 0 aliphatic heterocycles. The Hall–Kier alpha value is -2.07. The largest absolute Gasteiger partial charge is 0.399 e. The topological polar surface area (TPSA) is 55.1 Å². The third-order valence-electron chi connectivity index (χ3n) is 2.97. The van der Waals surface area contributed by atoms with Gasteiger partial charge in [0.05, 0.1) is 16.6 Å². The summed E-state index contributed by atoms with van der Waals surface area (Å²) in [5.74, 6) is -1.18. The summed E-state index contributed by atoms with van der Waals surface area (Å²) in [6.07, 6.45) is 0. The minimum atomic E-state index is -0.639. The monoisotopic (exact) mass is 292 g/mol. The van der Waals surface area contributed by atoms with E-state index in [4.69, 9.17) is 17.3 Å². The normalized spacial score (nSPS) is 11.9. The molecule has 0 aliphatic rings. The summed E-state index contributed by atoms with van der Waals surface area (Å²) in [4.78, 5) is 12.1. The second-order valence-corrected chi connectivity index (χ2v) is 4.87. The molecule has 0 fully saturated rings. The lowest BCUT2D eigenvalue weighted by atomic mass is 10.1. The van der Waals surface area contributed by atoms with Crippen LogP contribution in [-0.2, 0) is 0 Å². The van der Waals surface area contributed by atoms with Crippen molar-refractivity contribution in [2.75, 3.05) is 5.73 Å². The van der Waals surface area contributed by atoms with Crippen LogP contribution in [-0.4, -0.2) is 5.91 Å². The molecule has 2 aromatic rings. The Morgan fingerprint density at radius 2 is 1.90 bits per heavy atom. The number of carbonyl (C=O) groups is 1. The lowest BCUT2D eigenvalue weighted by Crippen LogP contribution is -2.27. The fourth-order valence-electron chi connectivity index (χ4n) is 1.85. The molecule has 104 valence electrons. The number of carbonyl (C=O) groups excluding carboxylic acids is 1. The first-order valence-electron chi connectivity index (χ1n) is 6.09. The van der Waals surface area contributed by atoms with Gasteiger partial charge in [0.1, 0.15) is 5.82 Å². The van der Waals surface area contributed by atoms with Gasteiger partial charge in [0.15, 0.2) is 0 Å². The Morgan fingerprint density at radius 1 is 1.25 bits per heavy atom. The second kappa shape index (κ2) is 5.92. The number of halogens is 2. The van der Waals surface area contributed by atoms with Crippen molar-refractivity contribution in [3.05, 3.63) is 64.4 Å². The Morgan fingerprint density at radius 3 is 2.50 bits per heavy atom. The SMILES string of the molecule is CC(NC(=O)c1c(F)cccc1Cl)c1ccc(N)cc1. The third kappa shape index (κ3) is 3.08. The standard InChI is InChI=1S/C15H14ClFN2O/c1-9(10-5-7-11(18)8-6-10)19-15(20)14-12(16)3-2-4-13(14)17/h2-9H,18H2,1H3,(H,19,20). The van der Waals surface area contributed by atoms with Crippen LogP contribution in [0.4, 0.5) is 10.1 Å². The van der Waals surface area contributed by atoms with Crippen molar-refractivity contribution in [1.29, 1.82) is 0 Å². The van der Waals surface area contributed by atoms with Crippen molar-refractivity contribution in [2.45, 2.75) is 13.0 Å². The Labute approximate surface area is 121 Å². The summed E-state index contributed by atoms with van der Waals surface area (Å²) in [6, 6.07) is 11.0. The zero-order valence-corrected chi connectivity index (χ0v) is 11.6. The minimum Gasteiger partial charge on any atom is -0.399 e. The molecule has 5 heteroatoms. The van der Waals surface area contributed by atoms with Gasteiger partial charge in [-0.3, -0.25) is 4.79 Å². The first-order valence-corrected chi connectivity index (χ1v) is 6.47. The van der Waals surface area contributed by atoms with E-state index >= 15 is 0 Å². The summed E-state index contributed by atoms with van der Waals surface area (Å²) in [6.45, 7) is 1.80. The smallest absolute Gasteiger partial charge is 0.256 e. The van der Waals surface area contributed by atoms with Gasteiger partial charge in [0.2, 0.25) is 0 Å². The predicted octanol–water partition coefficient (Wildman–Crippen LogP) is 3.55. The Balaban J connectivity index is 2.17. The number of benzene rings is 2. The highest BCUT2D eigenvalue weighted by Gasteiger charge is 2.18. The molecular formula is C15H14ClFN2O. The Bertz CT molecular complexity index is 608. The summed E-state index contributed by atoms with van der Waals surface area (Å²) < 4.78 is 13.6. The van der Waals surface area contributed by atoms with Crippen molar-refractivity contribution in [3.63, 3.8) is 0 Å². The van der Waals surface area contributed by atoms with Crippen LogP contribution in [0.2, 0.25) is 5.02 Å². The summed E-state index contributed by atoms with van der Waals surface area (Å²) in [5, 5.41) is 2.80. The lowest BCUT2D eigenvalue weighted by Gasteiger charge is -2.15. The summed E-state index contributed by atoms with van der Waals surface area (Å²) in [5.41, 5.74) is 6.98. The minimum absolute atomic E-state index is 0.0898. The number of anilines is 1. The molecule has 20 heavy (non-hydrogen) atoms. The number of nitrogen functional groups attached to an aromatic ring is 1. The number of amides is 1. The molecule has 2 aromatic carbocycles. The van der Waals surface area contributed by atoms with Gasteiger partial charge in [-0.05, 0) is 36.8 Å². The quantitative estimate of drug-likeness (QED) is 0.850. The van der Waals surface area contributed by atoms with Gasteiger partial charge in [-0.25, -0.2) is 4.39 Å². The highest BCUT2D eigenvalue weighted by molar-refractivity contribution is 6.33. The number of hydrogen-bond acceptors (Lipinski definition) is 2. The van der Waals surface area contributed by atoms with E-state index < -0.39 is 11.7 Å². The van der Waals surface area contributed by atoms with E-state index in [1.54, 1.807) is 19.1 Å². The van der Waals surface area contributed by atoms with Gasteiger partial charge in [0, 0.05) is 5.69 Å². The van der Waals surface area contributed by atoms with Crippen molar-refractivity contribution < 1.29 is 9.18 Å². The number of nitrogens with two attached hydrogens (primary N) is 1. The maximum atomic E-state index is 13.6. The molecule has 0 aromatic heterocycles. The van der Waals surface area contributed by atoms with E-state index in [1.165, 1.54) is 18.2 Å². The molecule has 0 bridgehead atoms. The fraction of sp³-hybridized carbons (Fsp3) is 0.133. The first kappa shape index (κ1) is 14.3. The molecule has 1 amide bonds. The molecule has 2 rings (SSSR count). The van der Waals surface area contributed by atoms with Crippen LogP contribution in [0, 0.1) is 5.82 Å². The van der Waals surface area contributed by atoms with Crippen LogP contribution < -0.4 is 11.1 Å². The van der Waals surface area contributed by atoms with Crippen LogP contribution in [0.1, 0.15) is 28.9 Å². The number of rotatable bonds is 3. The molecule has 3 N–H and O–H groups in total. The molecule has 1 unspecified atom stereocenters. The molecule has 0 radical (unpaired) electrons. The molecule has 0 saturated carbocycles. The molecule has 0 saturated heterocycles. The zero-order chi connectivity index (χ0) is 14.7. The maximum Gasteiger partial charge on any atom is 0.256 e. The van der Waals surface area contributed by atoms with E-state index in [1.807, 2.05) is 12.1 Å². The second-order valence-electron chi connectivity index (χ2n) is 4.46. The van der Waals surface area contributed by atoms with Crippen LogP contribution in [0.3, 0.4) is 0 Å². The lowest BCUT2D eigenvalue weighted by molar-refractivity contribution is 0.0936.